The summed E-state index contributed by atoms with van der Waals surface area (Å²) in [6.45, 7) is 2.92. The van der Waals surface area contributed by atoms with Gasteiger partial charge in [0.2, 0.25) is 11.9 Å². The Labute approximate surface area is 252 Å². The number of aromatic nitrogens is 4. The minimum Gasteiger partial charge on any atom is -0.451 e. The number of nitrogens with one attached hydrogen (secondary N) is 3. The number of carbonyl (C=O) groups is 2. The second kappa shape index (κ2) is 10.1. The highest BCUT2D eigenvalue weighted by atomic mass is 16.6. The quantitative estimate of drug-likeness (QED) is 0.169. The number of hydrogen-bond acceptors (Lipinski definition) is 12. The van der Waals surface area contributed by atoms with Gasteiger partial charge in [0.05, 0.1) is 18.2 Å². The highest BCUT2D eigenvalue weighted by molar-refractivity contribution is 5.95. The lowest BCUT2D eigenvalue weighted by Crippen LogP contribution is -2.77. The first-order chi connectivity index (χ1) is 21.1. The molecule has 44 heavy (non-hydrogen) atoms. The van der Waals surface area contributed by atoms with Crippen molar-refractivity contribution in [2.45, 2.75) is 55.7 Å². The lowest BCUT2D eigenvalue weighted by molar-refractivity contribution is -0.141. The number of aliphatic hydroxyl groups excluding tert-OH is 2. The lowest BCUT2D eigenvalue weighted by atomic mass is 9.39. The van der Waals surface area contributed by atoms with Crippen LogP contribution in [0.5, 0.6) is 0 Å². The van der Waals surface area contributed by atoms with Gasteiger partial charge in [0.15, 0.2) is 5.82 Å². The third-order valence-electron chi connectivity index (χ3n) is 8.69. The third kappa shape index (κ3) is 4.64. The Morgan fingerprint density at radius 3 is 2.55 bits per heavy atom. The second-order valence-corrected chi connectivity index (χ2v) is 12.3. The number of carbonyl (C=O) groups excluding carboxylic acids is 2. The average Bonchev–Trinajstić information content (AvgIpc) is 3.55. The summed E-state index contributed by atoms with van der Waals surface area (Å²) in [5, 5.41) is 33.0. The van der Waals surface area contributed by atoms with Crippen LogP contribution < -0.4 is 16.0 Å². The Morgan fingerprint density at radius 2 is 1.82 bits per heavy atom. The van der Waals surface area contributed by atoms with Gasteiger partial charge in [0, 0.05) is 28.4 Å². The summed E-state index contributed by atoms with van der Waals surface area (Å²) in [6.07, 6.45) is 3.58. The molecule has 0 radical (unpaired) electrons. The first kappa shape index (κ1) is 27.9. The fraction of sp³-hybridized carbons (Fsp3) is 0.355. The molecule has 5 N–H and O–H groups in total. The van der Waals surface area contributed by atoms with Gasteiger partial charge in [-0.25, -0.2) is 9.78 Å². The summed E-state index contributed by atoms with van der Waals surface area (Å²) in [4.78, 5) is 37.9. The maximum absolute atomic E-state index is 12.2. The Morgan fingerprint density at radius 1 is 1.05 bits per heavy atom. The van der Waals surface area contributed by atoms with Crippen molar-refractivity contribution in [3.05, 3.63) is 77.2 Å². The molecule has 13 heteroatoms. The van der Waals surface area contributed by atoms with Crippen molar-refractivity contribution in [1.82, 2.24) is 25.4 Å². The number of hydrogen-bond donors (Lipinski definition) is 5. The van der Waals surface area contributed by atoms with Crippen LogP contribution in [0.2, 0.25) is 0 Å². The normalized spacial score (nSPS) is 23.0. The maximum Gasteiger partial charge on any atom is 0.339 e. The van der Waals surface area contributed by atoms with Crippen molar-refractivity contribution < 1.29 is 29.1 Å². The highest BCUT2D eigenvalue weighted by Crippen LogP contribution is 2.67. The van der Waals surface area contributed by atoms with E-state index in [2.05, 4.69) is 26.1 Å². The molecule has 3 heterocycles. The second-order valence-electron chi connectivity index (χ2n) is 12.3. The molecular weight excluding hydrogens is 566 g/mol. The van der Waals surface area contributed by atoms with Crippen LogP contribution in [0, 0.1) is 0 Å². The van der Waals surface area contributed by atoms with Gasteiger partial charge >= 0.3 is 5.97 Å². The number of amides is 1. The van der Waals surface area contributed by atoms with Gasteiger partial charge < -0.3 is 35.4 Å². The molecule has 3 fully saturated rings. The molecular formula is C31H31N7O6. The minimum absolute atomic E-state index is 0.204. The van der Waals surface area contributed by atoms with E-state index in [0.29, 0.717) is 47.7 Å². The maximum atomic E-state index is 12.2. The molecule has 4 aliphatic rings. The van der Waals surface area contributed by atoms with E-state index in [1.807, 2.05) is 50.2 Å². The summed E-state index contributed by atoms with van der Waals surface area (Å²) in [7, 11) is 0. The van der Waals surface area contributed by atoms with Crippen molar-refractivity contribution in [1.29, 1.82) is 0 Å². The number of anilines is 3. The molecule has 3 saturated carbocycles. The van der Waals surface area contributed by atoms with E-state index in [1.165, 1.54) is 0 Å². The molecule has 0 spiro atoms. The zero-order valence-corrected chi connectivity index (χ0v) is 24.1. The summed E-state index contributed by atoms with van der Waals surface area (Å²) >= 11 is 0. The van der Waals surface area contributed by atoms with Gasteiger partial charge in [-0.05, 0) is 56.9 Å². The van der Waals surface area contributed by atoms with Crippen LogP contribution in [0.25, 0.3) is 11.5 Å². The van der Waals surface area contributed by atoms with Crippen LogP contribution in [0.1, 0.15) is 66.5 Å². The van der Waals surface area contributed by atoms with Crippen molar-refractivity contribution in [3.63, 3.8) is 0 Å². The van der Waals surface area contributed by atoms with Gasteiger partial charge in [0.1, 0.15) is 23.6 Å². The first-order valence-electron chi connectivity index (χ1n) is 14.3. The number of esters is 1. The molecule has 226 valence electrons. The van der Waals surface area contributed by atoms with Crippen molar-refractivity contribution in [2.75, 3.05) is 23.8 Å². The van der Waals surface area contributed by atoms with Crippen LogP contribution in [0.15, 0.2) is 59.3 Å². The molecule has 1 aliphatic heterocycles. The molecule has 3 aliphatic carbocycles. The largest absolute Gasteiger partial charge is 0.451 e. The van der Waals surface area contributed by atoms with Crippen LogP contribution in [-0.4, -0.2) is 61.0 Å². The summed E-state index contributed by atoms with van der Waals surface area (Å²) in [5.74, 6) is 0.639. The zero-order valence-electron chi connectivity index (χ0n) is 24.1. The van der Waals surface area contributed by atoms with Crippen molar-refractivity contribution in [3.8, 4) is 11.5 Å². The van der Waals surface area contributed by atoms with E-state index in [-0.39, 0.29) is 35.4 Å². The Kier molecular flexibility index (Phi) is 6.41. The molecule has 0 unspecified atom stereocenters. The van der Waals surface area contributed by atoms with E-state index in [0.717, 1.165) is 11.1 Å². The molecule has 2 bridgehead atoms. The summed E-state index contributed by atoms with van der Waals surface area (Å²) in [5.41, 5.74) is 1.89. The highest BCUT2D eigenvalue weighted by Gasteiger charge is 2.71. The predicted octanol–water partition coefficient (Wildman–Crippen LogP) is 3.10. The fourth-order valence-electron chi connectivity index (χ4n) is 6.60. The Bertz CT molecular complexity index is 1750. The number of cyclic esters (lactones) is 1. The number of benzene rings is 2. The monoisotopic (exact) mass is 597 g/mol. The van der Waals surface area contributed by atoms with Gasteiger partial charge in [0.25, 0.3) is 5.89 Å². The molecule has 2 aromatic carbocycles. The Balaban J connectivity index is 1.18. The third-order valence-corrected chi connectivity index (χ3v) is 8.69. The van der Waals surface area contributed by atoms with E-state index < -0.39 is 24.2 Å². The average molecular weight is 598 g/mol. The first-order valence-corrected chi connectivity index (χ1v) is 14.3. The minimum atomic E-state index is -0.758. The van der Waals surface area contributed by atoms with E-state index in [4.69, 9.17) is 24.3 Å². The Hall–Kier alpha value is -4.88. The number of nitrogens with zero attached hydrogens (tertiary/aromatic N) is 4. The van der Waals surface area contributed by atoms with Gasteiger partial charge in [-0.15, -0.1) is 0 Å². The van der Waals surface area contributed by atoms with Gasteiger partial charge in [-0.2, -0.15) is 9.97 Å². The van der Waals surface area contributed by atoms with Crippen LogP contribution in [-0.2, 0) is 20.5 Å². The molecule has 4 aromatic rings. The van der Waals surface area contributed by atoms with Gasteiger partial charge in [-0.3, -0.25) is 4.79 Å². The van der Waals surface area contributed by atoms with Crippen LogP contribution in [0.4, 0.5) is 17.5 Å². The van der Waals surface area contributed by atoms with Gasteiger partial charge in [-0.1, -0.05) is 35.5 Å². The number of ether oxygens (including phenoxy) is 1. The van der Waals surface area contributed by atoms with Crippen molar-refractivity contribution >= 4 is 29.3 Å². The molecule has 13 nitrogen and oxygen atoms in total. The number of rotatable bonds is 10. The summed E-state index contributed by atoms with van der Waals surface area (Å²) < 4.78 is 11.2. The molecule has 1 amide bonds. The SMILES string of the molecule is CC1(C)OC(=O)c2ccc(Nc3ncc(-c4nc(C56CC(NC(=O)CO)(C5)C6)no4)c(N[C@H](CO)c4ccccc4)n3)cc21. The lowest BCUT2D eigenvalue weighted by Gasteiger charge is -2.68. The van der Waals surface area contributed by atoms with E-state index >= 15 is 0 Å². The number of fused-ring (bicyclic) bond motifs is 1. The van der Waals surface area contributed by atoms with Crippen LogP contribution >= 0.6 is 0 Å². The van der Waals surface area contributed by atoms with E-state index in [9.17, 15) is 14.7 Å². The topological polar surface area (TPSA) is 185 Å². The number of aliphatic hydroxyl groups is 2. The van der Waals surface area contributed by atoms with Crippen molar-refractivity contribution in [2.24, 2.45) is 0 Å². The molecule has 2 aromatic heterocycles. The predicted molar refractivity (Wildman–Crippen MR) is 157 cm³/mol. The molecule has 8 rings (SSSR count). The van der Waals surface area contributed by atoms with Crippen LogP contribution in [0.3, 0.4) is 0 Å². The fourth-order valence-corrected chi connectivity index (χ4v) is 6.60. The summed E-state index contributed by atoms with van der Waals surface area (Å²) in [6, 6.07) is 14.3. The molecule has 0 saturated heterocycles. The zero-order chi connectivity index (χ0) is 30.7. The van der Waals surface area contributed by atoms with E-state index in [1.54, 1.807) is 18.3 Å². The molecule has 1 atom stereocenters. The smallest absolute Gasteiger partial charge is 0.339 e. The standard InChI is InChI=1S/C31H31N7O6/c1-29(2)21-10-18(8-9-19(21)26(42)43-29)33-28-32-11-20(24(35-28)34-22(12-39)17-6-4-3-5-7-17)25-36-27(38-44-25)30-14-31(15-30,16-30)37-23(41)13-40/h3-11,22,39-40H,12-16H2,1-2H3,(H,37,41)(H2,32,33,34,35)/t22-,30?,31?/m1/s1.